The Balaban J connectivity index is 2.70. The molecular weight excluding hydrogens is 272 g/mol. The molecule has 20 heavy (non-hydrogen) atoms. The van der Waals surface area contributed by atoms with Crippen molar-refractivity contribution in [2.24, 2.45) is 5.41 Å². The van der Waals surface area contributed by atoms with Crippen molar-refractivity contribution in [2.45, 2.75) is 25.2 Å². The van der Waals surface area contributed by atoms with Gasteiger partial charge in [0.25, 0.3) is 5.91 Å². The van der Waals surface area contributed by atoms with Crippen LogP contribution in [0.25, 0.3) is 0 Å². The third-order valence-electron chi connectivity index (χ3n) is 2.94. The first-order valence-corrected chi connectivity index (χ1v) is 7.46. The molecule has 1 aromatic rings. The van der Waals surface area contributed by atoms with Gasteiger partial charge in [-0.25, -0.2) is 0 Å². The minimum Gasteiger partial charge on any atom is -0.396 e. The monoisotopic (exact) mass is 292 g/mol. The molecule has 0 unspecified atom stereocenters. The predicted octanol–water partition coefficient (Wildman–Crippen LogP) is 2.44. The quantitative estimate of drug-likeness (QED) is 0.757. The topological polar surface area (TPSA) is 73.1 Å². The highest BCUT2D eigenvalue weighted by molar-refractivity contribution is 7.99. The number of nitriles is 1. The van der Waals surface area contributed by atoms with Gasteiger partial charge >= 0.3 is 0 Å². The Bertz CT molecular complexity index is 495. The molecule has 5 heteroatoms. The van der Waals surface area contributed by atoms with Crippen molar-refractivity contribution in [3.05, 3.63) is 29.8 Å². The summed E-state index contributed by atoms with van der Waals surface area (Å²) in [6.45, 7) is 4.61. The number of carbonyl (C=O) groups excluding carboxylic acids is 1. The van der Waals surface area contributed by atoms with Gasteiger partial charge in [-0.05, 0) is 24.0 Å². The molecule has 0 aliphatic rings. The molecular formula is C15H20N2O2S. The van der Waals surface area contributed by atoms with Crippen LogP contribution in [0.5, 0.6) is 0 Å². The summed E-state index contributed by atoms with van der Waals surface area (Å²) in [5.41, 5.74) is 0.451. The number of amides is 1. The van der Waals surface area contributed by atoms with Crippen LogP contribution in [0.15, 0.2) is 29.2 Å². The van der Waals surface area contributed by atoms with Crippen LogP contribution in [0.4, 0.5) is 0 Å². The first-order chi connectivity index (χ1) is 9.50. The lowest BCUT2D eigenvalue weighted by atomic mass is 9.89. The Labute approximate surface area is 124 Å². The summed E-state index contributed by atoms with van der Waals surface area (Å²) in [4.78, 5) is 13.0. The molecule has 0 spiro atoms. The maximum absolute atomic E-state index is 12.2. The molecule has 0 aromatic heterocycles. The number of aliphatic hydroxyl groups excluding tert-OH is 1. The molecule has 0 radical (unpaired) electrons. The molecule has 0 aliphatic heterocycles. The van der Waals surface area contributed by atoms with E-state index in [1.54, 1.807) is 6.07 Å². The molecule has 0 fully saturated rings. The number of carbonyl (C=O) groups is 1. The molecule has 0 saturated heterocycles. The van der Waals surface area contributed by atoms with Gasteiger partial charge in [0, 0.05) is 18.0 Å². The molecule has 0 heterocycles. The number of nitrogens with zero attached hydrogens (tertiary/aromatic N) is 1. The Kier molecular flexibility index (Phi) is 6.56. The van der Waals surface area contributed by atoms with Crippen LogP contribution in [0.1, 0.15) is 30.6 Å². The van der Waals surface area contributed by atoms with Crippen LogP contribution in [-0.4, -0.2) is 29.9 Å². The molecule has 0 saturated carbocycles. The standard InChI is InChI=1S/C15H20N2O2S/c1-15(2,7-9-18)11-17-14(19)12-5-3-4-6-13(12)20-10-8-16/h3-6,18H,7,9-11H2,1-2H3,(H,17,19). The second kappa shape index (κ2) is 7.93. The normalized spacial score (nSPS) is 10.9. The zero-order valence-electron chi connectivity index (χ0n) is 11.8. The van der Waals surface area contributed by atoms with E-state index in [2.05, 4.69) is 11.4 Å². The fourth-order valence-electron chi connectivity index (χ4n) is 1.70. The lowest BCUT2D eigenvalue weighted by Crippen LogP contribution is -2.34. The first-order valence-electron chi connectivity index (χ1n) is 6.48. The summed E-state index contributed by atoms with van der Waals surface area (Å²) in [7, 11) is 0. The predicted molar refractivity (Wildman–Crippen MR) is 80.6 cm³/mol. The SMILES string of the molecule is CC(C)(CCO)CNC(=O)c1ccccc1SCC#N. The van der Waals surface area contributed by atoms with Crippen LogP contribution >= 0.6 is 11.8 Å². The van der Waals surface area contributed by atoms with E-state index in [1.807, 2.05) is 32.0 Å². The zero-order chi connectivity index (χ0) is 15.0. The molecule has 4 nitrogen and oxygen atoms in total. The molecule has 2 N–H and O–H groups in total. The number of hydrogen-bond acceptors (Lipinski definition) is 4. The van der Waals surface area contributed by atoms with E-state index in [-0.39, 0.29) is 17.9 Å². The van der Waals surface area contributed by atoms with Gasteiger partial charge in [-0.15, -0.1) is 11.8 Å². The number of benzene rings is 1. The van der Waals surface area contributed by atoms with Crippen LogP contribution in [0.3, 0.4) is 0 Å². The fourth-order valence-corrected chi connectivity index (χ4v) is 2.41. The smallest absolute Gasteiger partial charge is 0.252 e. The minimum atomic E-state index is -0.142. The van der Waals surface area contributed by atoms with Gasteiger partial charge in [0.2, 0.25) is 0 Å². The van der Waals surface area contributed by atoms with Crippen molar-refractivity contribution >= 4 is 17.7 Å². The second-order valence-electron chi connectivity index (χ2n) is 5.26. The van der Waals surface area contributed by atoms with E-state index in [0.717, 1.165) is 4.90 Å². The zero-order valence-corrected chi connectivity index (χ0v) is 12.7. The Hall–Kier alpha value is -1.51. The molecule has 108 valence electrons. The van der Waals surface area contributed by atoms with E-state index in [4.69, 9.17) is 10.4 Å². The van der Waals surface area contributed by atoms with E-state index in [0.29, 0.717) is 24.3 Å². The van der Waals surface area contributed by atoms with Crippen LogP contribution in [0.2, 0.25) is 0 Å². The summed E-state index contributed by atoms with van der Waals surface area (Å²) < 4.78 is 0. The summed E-state index contributed by atoms with van der Waals surface area (Å²) >= 11 is 1.36. The summed E-state index contributed by atoms with van der Waals surface area (Å²) in [5, 5.41) is 20.5. The van der Waals surface area contributed by atoms with Gasteiger partial charge in [-0.1, -0.05) is 26.0 Å². The van der Waals surface area contributed by atoms with Crippen LogP contribution in [-0.2, 0) is 0 Å². The highest BCUT2D eigenvalue weighted by Gasteiger charge is 2.19. The number of aliphatic hydroxyl groups is 1. The second-order valence-corrected chi connectivity index (χ2v) is 6.28. The molecule has 1 rings (SSSR count). The van der Waals surface area contributed by atoms with Crippen molar-refractivity contribution in [1.82, 2.24) is 5.32 Å². The lowest BCUT2D eigenvalue weighted by Gasteiger charge is -2.24. The first kappa shape index (κ1) is 16.5. The highest BCUT2D eigenvalue weighted by Crippen LogP contribution is 2.23. The van der Waals surface area contributed by atoms with Gasteiger partial charge in [-0.3, -0.25) is 4.79 Å². The third kappa shape index (κ3) is 5.24. The third-order valence-corrected chi connectivity index (χ3v) is 3.88. The molecule has 0 aliphatic carbocycles. The largest absolute Gasteiger partial charge is 0.396 e. The van der Waals surface area contributed by atoms with E-state index in [9.17, 15) is 4.79 Å². The maximum atomic E-state index is 12.2. The Morgan fingerprint density at radius 2 is 2.15 bits per heavy atom. The average molecular weight is 292 g/mol. The van der Waals surface area contributed by atoms with Crippen molar-refractivity contribution in [1.29, 1.82) is 5.26 Å². The highest BCUT2D eigenvalue weighted by atomic mass is 32.2. The number of nitrogens with one attached hydrogen (secondary N) is 1. The van der Waals surface area contributed by atoms with E-state index >= 15 is 0 Å². The van der Waals surface area contributed by atoms with Crippen molar-refractivity contribution in [3.63, 3.8) is 0 Å². The summed E-state index contributed by atoms with van der Waals surface area (Å²) in [6, 6.07) is 9.32. The minimum absolute atomic E-state index is 0.109. The van der Waals surface area contributed by atoms with Gasteiger partial charge in [0.15, 0.2) is 0 Å². The molecule has 1 aromatic carbocycles. The van der Waals surface area contributed by atoms with Gasteiger partial charge in [0.1, 0.15) is 0 Å². The number of hydrogen-bond donors (Lipinski definition) is 2. The summed E-state index contributed by atoms with van der Waals surface area (Å²) in [6.07, 6.45) is 0.637. The van der Waals surface area contributed by atoms with E-state index in [1.165, 1.54) is 11.8 Å². The van der Waals surface area contributed by atoms with Crippen molar-refractivity contribution in [2.75, 3.05) is 18.9 Å². The molecule has 0 atom stereocenters. The molecule has 1 amide bonds. The van der Waals surface area contributed by atoms with Gasteiger partial charge in [0.05, 0.1) is 17.4 Å². The summed E-state index contributed by atoms with van der Waals surface area (Å²) in [5.74, 6) is 0.178. The Morgan fingerprint density at radius 1 is 1.45 bits per heavy atom. The number of thioether (sulfide) groups is 1. The lowest BCUT2D eigenvalue weighted by molar-refractivity contribution is 0.0925. The van der Waals surface area contributed by atoms with Gasteiger partial charge < -0.3 is 10.4 Å². The fraction of sp³-hybridized carbons (Fsp3) is 0.467. The average Bonchev–Trinajstić information content (AvgIpc) is 2.43. The maximum Gasteiger partial charge on any atom is 0.252 e. The Morgan fingerprint density at radius 3 is 2.80 bits per heavy atom. The molecule has 0 bridgehead atoms. The van der Waals surface area contributed by atoms with E-state index < -0.39 is 0 Å². The van der Waals surface area contributed by atoms with Crippen molar-refractivity contribution < 1.29 is 9.90 Å². The number of rotatable bonds is 7. The van der Waals surface area contributed by atoms with Crippen LogP contribution in [0, 0.1) is 16.7 Å². The van der Waals surface area contributed by atoms with Crippen LogP contribution < -0.4 is 5.32 Å². The van der Waals surface area contributed by atoms with Gasteiger partial charge in [-0.2, -0.15) is 5.26 Å². The van der Waals surface area contributed by atoms with Crippen molar-refractivity contribution in [3.8, 4) is 6.07 Å².